The van der Waals surface area contributed by atoms with Crippen LogP contribution in [0.25, 0.3) is 71.7 Å². The lowest BCUT2D eigenvalue weighted by atomic mass is 9.81. The Hall–Kier alpha value is -6.84. The number of aromatic nitrogens is 1. The van der Waals surface area contributed by atoms with Gasteiger partial charge in [0.15, 0.2) is 5.58 Å². The first-order chi connectivity index (χ1) is 26.5. The van der Waals surface area contributed by atoms with E-state index in [0.717, 1.165) is 39.0 Å². The Morgan fingerprint density at radius 2 is 1.09 bits per heavy atom. The van der Waals surface area contributed by atoms with Crippen LogP contribution in [0.3, 0.4) is 0 Å². The highest BCUT2D eigenvalue weighted by Crippen LogP contribution is 2.52. The van der Waals surface area contributed by atoms with Gasteiger partial charge in [0, 0.05) is 44.0 Å². The first-order valence-electron chi connectivity index (χ1n) is 18.7. The summed E-state index contributed by atoms with van der Waals surface area (Å²) in [6.07, 6.45) is 0. The van der Waals surface area contributed by atoms with Gasteiger partial charge in [0.25, 0.3) is 0 Å². The molecule has 1 aliphatic rings. The third-order valence-corrected chi connectivity index (χ3v) is 11.6. The Labute approximate surface area is 314 Å². The van der Waals surface area contributed by atoms with Crippen molar-refractivity contribution < 1.29 is 4.42 Å². The lowest BCUT2D eigenvalue weighted by Crippen LogP contribution is -2.16. The van der Waals surface area contributed by atoms with Crippen LogP contribution in [0, 0.1) is 0 Å². The summed E-state index contributed by atoms with van der Waals surface area (Å²) in [7, 11) is 0. The van der Waals surface area contributed by atoms with Crippen LogP contribution in [0.2, 0.25) is 0 Å². The summed E-state index contributed by atoms with van der Waals surface area (Å²) in [6.45, 7) is 4.74. The average molecular weight is 693 g/mol. The molecule has 11 rings (SSSR count). The van der Waals surface area contributed by atoms with E-state index < -0.39 is 0 Å². The van der Waals surface area contributed by atoms with Gasteiger partial charge in [0.2, 0.25) is 0 Å². The van der Waals surface area contributed by atoms with Gasteiger partial charge in [0.1, 0.15) is 5.58 Å². The van der Waals surface area contributed by atoms with Crippen LogP contribution in [0.5, 0.6) is 0 Å². The number of furan rings is 1. The molecule has 8 aromatic carbocycles. The molecule has 10 aromatic rings. The van der Waals surface area contributed by atoms with Gasteiger partial charge in [-0.3, -0.25) is 0 Å². The molecule has 54 heavy (non-hydrogen) atoms. The second-order valence-corrected chi connectivity index (χ2v) is 15.0. The zero-order chi connectivity index (χ0) is 36.0. The van der Waals surface area contributed by atoms with E-state index in [1.807, 2.05) is 6.07 Å². The number of para-hydroxylation sites is 5. The maximum absolute atomic E-state index is 6.58. The maximum atomic E-state index is 6.58. The van der Waals surface area contributed by atoms with Crippen LogP contribution in [0.4, 0.5) is 17.1 Å². The zero-order valence-corrected chi connectivity index (χ0v) is 30.1. The molecule has 0 bridgehead atoms. The summed E-state index contributed by atoms with van der Waals surface area (Å²) in [6, 6.07) is 65.8. The topological polar surface area (TPSA) is 21.3 Å². The lowest BCUT2D eigenvalue weighted by Gasteiger charge is -2.28. The standard InChI is InChI=1S/C51H36N2O/c1-51(2)44-31-34(33-25-29-47-43(30-33)40-18-9-11-21-46(40)53(47)36-16-7-4-8-17-36)24-27-38(44)39-28-26-37(32-45(39)51)52(35-14-5-3-6-15-35)48-22-13-20-42-41-19-10-12-23-49(41)54-50(42)48/h3-32H,1-2H3. The van der Waals surface area contributed by atoms with Gasteiger partial charge >= 0.3 is 0 Å². The fraction of sp³-hybridized carbons (Fsp3) is 0.0588. The maximum Gasteiger partial charge on any atom is 0.159 e. The van der Waals surface area contributed by atoms with Gasteiger partial charge < -0.3 is 13.9 Å². The Morgan fingerprint density at radius 1 is 0.463 bits per heavy atom. The van der Waals surface area contributed by atoms with Crippen molar-refractivity contribution in [2.75, 3.05) is 4.90 Å². The molecule has 0 unspecified atom stereocenters. The van der Waals surface area contributed by atoms with Gasteiger partial charge in [-0.25, -0.2) is 0 Å². The van der Waals surface area contributed by atoms with Crippen LogP contribution in [-0.4, -0.2) is 4.57 Å². The molecule has 0 aliphatic heterocycles. The summed E-state index contributed by atoms with van der Waals surface area (Å²) in [5.41, 5.74) is 16.1. The Balaban J connectivity index is 1.03. The quantitative estimate of drug-likeness (QED) is 0.179. The third kappa shape index (κ3) is 4.48. The number of benzene rings is 8. The van der Waals surface area contributed by atoms with Gasteiger partial charge in [-0.1, -0.05) is 123 Å². The average Bonchev–Trinajstić information content (AvgIpc) is 3.84. The largest absolute Gasteiger partial charge is 0.454 e. The van der Waals surface area contributed by atoms with Crippen LogP contribution in [-0.2, 0) is 5.41 Å². The van der Waals surface area contributed by atoms with Gasteiger partial charge in [-0.15, -0.1) is 0 Å². The number of hydrogen-bond acceptors (Lipinski definition) is 2. The summed E-state index contributed by atoms with van der Waals surface area (Å²) in [5.74, 6) is 0. The third-order valence-electron chi connectivity index (χ3n) is 11.6. The van der Waals surface area contributed by atoms with E-state index in [1.165, 1.54) is 60.9 Å². The minimum absolute atomic E-state index is 0.210. The summed E-state index contributed by atoms with van der Waals surface area (Å²) in [5, 5.41) is 4.78. The number of hydrogen-bond donors (Lipinski definition) is 0. The normalized spacial score (nSPS) is 13.1. The fourth-order valence-corrected chi connectivity index (χ4v) is 8.96. The smallest absolute Gasteiger partial charge is 0.159 e. The number of nitrogens with zero attached hydrogens (tertiary/aromatic N) is 2. The van der Waals surface area contributed by atoms with Crippen molar-refractivity contribution in [1.82, 2.24) is 4.57 Å². The summed E-state index contributed by atoms with van der Waals surface area (Å²) in [4.78, 5) is 2.34. The lowest BCUT2D eigenvalue weighted by molar-refractivity contribution is 0.660. The van der Waals surface area contributed by atoms with E-state index >= 15 is 0 Å². The van der Waals surface area contributed by atoms with Crippen molar-refractivity contribution in [2.24, 2.45) is 0 Å². The molecule has 3 heteroatoms. The molecular weight excluding hydrogens is 657 g/mol. The monoisotopic (exact) mass is 692 g/mol. The van der Waals surface area contributed by atoms with E-state index in [1.54, 1.807) is 0 Å². The first kappa shape index (κ1) is 30.8. The van der Waals surface area contributed by atoms with E-state index in [2.05, 4.69) is 199 Å². The first-order valence-corrected chi connectivity index (χ1v) is 18.7. The Kier molecular flexibility index (Phi) is 6.60. The van der Waals surface area contributed by atoms with E-state index in [9.17, 15) is 0 Å². The molecule has 0 saturated heterocycles. The van der Waals surface area contributed by atoms with Crippen LogP contribution >= 0.6 is 0 Å². The molecule has 0 fully saturated rings. The van der Waals surface area contributed by atoms with Gasteiger partial charge in [0.05, 0.1) is 16.7 Å². The molecule has 1 aliphatic carbocycles. The zero-order valence-electron chi connectivity index (χ0n) is 30.1. The molecular formula is C51H36N2O. The highest BCUT2D eigenvalue weighted by Gasteiger charge is 2.36. The molecule has 0 saturated carbocycles. The minimum atomic E-state index is -0.210. The molecule has 256 valence electrons. The van der Waals surface area contributed by atoms with Crippen LogP contribution in [0.15, 0.2) is 186 Å². The predicted octanol–water partition coefficient (Wildman–Crippen LogP) is 14.1. The number of fused-ring (bicyclic) bond motifs is 9. The van der Waals surface area contributed by atoms with Crippen molar-refractivity contribution in [3.8, 4) is 27.9 Å². The highest BCUT2D eigenvalue weighted by atomic mass is 16.3. The van der Waals surface area contributed by atoms with Gasteiger partial charge in [-0.05, 0) is 106 Å². The van der Waals surface area contributed by atoms with Crippen LogP contribution in [0.1, 0.15) is 25.0 Å². The molecule has 0 atom stereocenters. The number of anilines is 3. The summed E-state index contributed by atoms with van der Waals surface area (Å²) >= 11 is 0. The van der Waals surface area contributed by atoms with E-state index in [4.69, 9.17) is 4.42 Å². The molecule has 3 nitrogen and oxygen atoms in total. The van der Waals surface area contributed by atoms with Crippen molar-refractivity contribution in [2.45, 2.75) is 19.3 Å². The molecule has 0 radical (unpaired) electrons. The van der Waals surface area contributed by atoms with Crippen molar-refractivity contribution in [3.63, 3.8) is 0 Å². The van der Waals surface area contributed by atoms with Crippen LogP contribution < -0.4 is 4.90 Å². The minimum Gasteiger partial charge on any atom is -0.454 e. The highest BCUT2D eigenvalue weighted by molar-refractivity contribution is 6.11. The second kappa shape index (κ2) is 11.6. The van der Waals surface area contributed by atoms with Gasteiger partial charge in [-0.2, -0.15) is 0 Å². The molecule has 0 amide bonds. The van der Waals surface area contributed by atoms with Crippen molar-refractivity contribution in [1.29, 1.82) is 0 Å². The molecule has 0 N–H and O–H groups in total. The summed E-state index contributed by atoms with van der Waals surface area (Å²) < 4.78 is 8.96. The fourth-order valence-electron chi connectivity index (χ4n) is 8.96. The van der Waals surface area contributed by atoms with E-state index in [0.29, 0.717) is 0 Å². The van der Waals surface area contributed by atoms with Crippen molar-refractivity contribution >= 4 is 60.8 Å². The molecule has 2 heterocycles. The van der Waals surface area contributed by atoms with E-state index in [-0.39, 0.29) is 5.41 Å². The molecule has 0 spiro atoms. The number of rotatable bonds is 5. The Bertz CT molecular complexity index is 3080. The SMILES string of the molecule is CC1(C)c2cc(-c3ccc4c(c3)c3ccccc3n4-c3ccccc3)ccc2-c2ccc(N(c3ccccc3)c3cccc4c3oc3ccccc34)cc21. The van der Waals surface area contributed by atoms with Crippen molar-refractivity contribution in [3.05, 3.63) is 193 Å². The Morgan fingerprint density at radius 3 is 1.93 bits per heavy atom. The second-order valence-electron chi connectivity index (χ2n) is 15.0. The predicted molar refractivity (Wildman–Crippen MR) is 226 cm³/mol. The molecule has 2 aromatic heterocycles.